The van der Waals surface area contributed by atoms with Crippen LogP contribution in [0.1, 0.15) is 32.4 Å². The van der Waals surface area contributed by atoms with Gasteiger partial charge in [-0.1, -0.05) is 20.8 Å². The summed E-state index contributed by atoms with van der Waals surface area (Å²) in [5.74, 6) is 1.92. The molecule has 1 rings (SSSR count). The molecular formula is C10H21N3OSi. The molecule has 0 aliphatic heterocycles. The summed E-state index contributed by atoms with van der Waals surface area (Å²) in [5, 5.41) is 8.38. The zero-order valence-electron chi connectivity index (χ0n) is 10.5. The van der Waals surface area contributed by atoms with Gasteiger partial charge in [0.2, 0.25) is 0 Å². The van der Waals surface area contributed by atoms with Gasteiger partial charge in [-0.05, 0) is 13.1 Å². The normalized spacial score (nSPS) is 12.5. The smallest absolute Gasteiger partial charge is 0.171 e. The molecule has 0 N–H and O–H groups in total. The van der Waals surface area contributed by atoms with Crippen LogP contribution >= 0.6 is 0 Å². The van der Waals surface area contributed by atoms with Gasteiger partial charge in [0.1, 0.15) is 5.82 Å². The van der Waals surface area contributed by atoms with Crippen LogP contribution < -0.4 is 0 Å². The largest absolute Gasteiger partial charge is 0.413 e. The Bertz CT molecular complexity index is 328. The molecule has 0 unspecified atom stereocenters. The van der Waals surface area contributed by atoms with Crippen molar-refractivity contribution >= 4 is 9.04 Å². The first kappa shape index (κ1) is 12.4. The topological polar surface area (TPSA) is 39.9 Å². The Morgan fingerprint density at radius 3 is 2.27 bits per heavy atom. The highest BCUT2D eigenvalue weighted by Gasteiger charge is 2.21. The Hall–Kier alpha value is -0.683. The van der Waals surface area contributed by atoms with Gasteiger partial charge in [-0.2, -0.15) is 0 Å². The minimum atomic E-state index is -0.975. The highest BCUT2D eigenvalue weighted by atomic mass is 28.3. The molecule has 5 heteroatoms. The van der Waals surface area contributed by atoms with Gasteiger partial charge < -0.3 is 8.99 Å². The molecule has 86 valence electrons. The van der Waals surface area contributed by atoms with Crippen LogP contribution in [0.4, 0.5) is 0 Å². The molecule has 0 aliphatic carbocycles. The van der Waals surface area contributed by atoms with E-state index in [4.69, 9.17) is 4.43 Å². The maximum Gasteiger partial charge on any atom is 0.171 e. The second-order valence-corrected chi connectivity index (χ2v) is 7.54. The molecule has 1 aromatic rings. The Kier molecular flexibility index (Phi) is 3.67. The molecule has 1 aromatic heterocycles. The van der Waals surface area contributed by atoms with E-state index in [0.717, 1.165) is 11.6 Å². The Morgan fingerprint density at radius 2 is 1.87 bits per heavy atom. The predicted octanol–water partition coefficient (Wildman–Crippen LogP) is 1.61. The molecule has 4 nitrogen and oxygen atoms in total. The summed E-state index contributed by atoms with van der Waals surface area (Å²) >= 11 is 0. The highest BCUT2D eigenvalue weighted by Crippen LogP contribution is 2.20. The van der Waals surface area contributed by atoms with Crippen molar-refractivity contribution in [2.75, 3.05) is 0 Å². The van der Waals surface area contributed by atoms with E-state index in [1.807, 2.05) is 11.6 Å². The zero-order valence-corrected chi connectivity index (χ0v) is 11.7. The molecule has 0 aliphatic rings. The number of hydrogen-bond acceptors (Lipinski definition) is 3. The molecular weight excluding hydrogens is 206 g/mol. The van der Waals surface area contributed by atoms with Gasteiger partial charge in [0.05, 0.1) is 6.61 Å². The van der Waals surface area contributed by atoms with E-state index < -0.39 is 9.04 Å². The number of aromatic nitrogens is 3. The standard InChI is InChI=1S/C10H21N3OSi/c1-10(2,3)9-12-11-8(13(9)4)7-14-15(5)6/h15H,7H2,1-6H3. The fourth-order valence-electron chi connectivity index (χ4n) is 1.38. The summed E-state index contributed by atoms with van der Waals surface area (Å²) in [7, 11) is 1.03. The van der Waals surface area contributed by atoms with Crippen LogP contribution in [0.2, 0.25) is 13.1 Å². The van der Waals surface area contributed by atoms with E-state index in [1.165, 1.54) is 0 Å². The monoisotopic (exact) mass is 227 g/mol. The van der Waals surface area contributed by atoms with Crippen LogP contribution in [0.3, 0.4) is 0 Å². The predicted molar refractivity (Wildman–Crippen MR) is 63.4 cm³/mol. The molecule has 0 radical (unpaired) electrons. The second kappa shape index (κ2) is 4.45. The lowest BCUT2D eigenvalue weighted by Gasteiger charge is -2.17. The van der Waals surface area contributed by atoms with E-state index in [9.17, 15) is 0 Å². The summed E-state index contributed by atoms with van der Waals surface area (Å²) in [6.45, 7) is 11.3. The van der Waals surface area contributed by atoms with Gasteiger partial charge >= 0.3 is 0 Å². The van der Waals surface area contributed by atoms with Crippen LogP contribution in [0.5, 0.6) is 0 Å². The number of rotatable bonds is 3. The molecule has 0 fully saturated rings. The second-order valence-electron chi connectivity index (χ2n) is 5.11. The maximum atomic E-state index is 5.65. The Balaban J connectivity index is 2.81. The lowest BCUT2D eigenvalue weighted by atomic mass is 9.96. The summed E-state index contributed by atoms with van der Waals surface area (Å²) in [6.07, 6.45) is 0. The first-order valence-corrected chi connectivity index (χ1v) is 8.11. The zero-order chi connectivity index (χ0) is 11.6. The molecule has 15 heavy (non-hydrogen) atoms. The lowest BCUT2D eigenvalue weighted by molar-refractivity contribution is 0.297. The summed E-state index contributed by atoms with van der Waals surface area (Å²) in [5.41, 5.74) is 0.0370. The van der Waals surface area contributed by atoms with Crippen molar-refractivity contribution in [1.29, 1.82) is 0 Å². The molecule has 0 saturated carbocycles. The van der Waals surface area contributed by atoms with Crippen LogP contribution in [-0.2, 0) is 23.5 Å². The average molecular weight is 227 g/mol. The van der Waals surface area contributed by atoms with E-state index in [0.29, 0.717) is 6.61 Å². The maximum absolute atomic E-state index is 5.65. The van der Waals surface area contributed by atoms with Gasteiger partial charge in [0.15, 0.2) is 14.9 Å². The van der Waals surface area contributed by atoms with Crippen molar-refractivity contribution in [1.82, 2.24) is 14.8 Å². The SMILES string of the molecule is Cn1c(CO[SiH](C)C)nnc1C(C)(C)C. The summed E-state index contributed by atoms with van der Waals surface area (Å²) < 4.78 is 7.69. The molecule has 0 spiro atoms. The van der Waals surface area contributed by atoms with Crippen molar-refractivity contribution in [3.8, 4) is 0 Å². The molecule has 1 heterocycles. The van der Waals surface area contributed by atoms with Crippen LogP contribution in [0, 0.1) is 0 Å². The van der Waals surface area contributed by atoms with E-state index in [-0.39, 0.29) is 5.41 Å². The average Bonchev–Trinajstić information content (AvgIpc) is 2.42. The number of nitrogens with zero attached hydrogens (tertiary/aromatic N) is 3. The van der Waals surface area contributed by atoms with Crippen LogP contribution in [0.25, 0.3) is 0 Å². The molecule has 0 atom stereocenters. The van der Waals surface area contributed by atoms with Gasteiger partial charge in [-0.3, -0.25) is 0 Å². The van der Waals surface area contributed by atoms with Crippen molar-refractivity contribution in [2.45, 2.75) is 45.9 Å². The van der Waals surface area contributed by atoms with Crippen LogP contribution in [0.15, 0.2) is 0 Å². The summed E-state index contributed by atoms with van der Waals surface area (Å²) in [6, 6.07) is 0. The van der Waals surface area contributed by atoms with Crippen molar-refractivity contribution in [3.63, 3.8) is 0 Å². The van der Waals surface area contributed by atoms with E-state index >= 15 is 0 Å². The highest BCUT2D eigenvalue weighted by molar-refractivity contribution is 6.48. The third-order valence-electron chi connectivity index (χ3n) is 2.18. The van der Waals surface area contributed by atoms with Gasteiger partial charge in [-0.25, -0.2) is 0 Å². The Morgan fingerprint density at radius 1 is 1.27 bits per heavy atom. The van der Waals surface area contributed by atoms with Gasteiger partial charge in [-0.15, -0.1) is 10.2 Å². The fourth-order valence-corrected chi connectivity index (χ4v) is 1.86. The first-order chi connectivity index (χ1) is 6.82. The van der Waals surface area contributed by atoms with E-state index in [1.54, 1.807) is 0 Å². The molecule has 0 amide bonds. The lowest BCUT2D eigenvalue weighted by Crippen LogP contribution is -2.19. The van der Waals surface area contributed by atoms with Crippen molar-refractivity contribution in [2.24, 2.45) is 7.05 Å². The van der Waals surface area contributed by atoms with Gasteiger partial charge in [0, 0.05) is 12.5 Å². The molecule has 0 bridgehead atoms. The van der Waals surface area contributed by atoms with Gasteiger partial charge in [0.25, 0.3) is 0 Å². The van der Waals surface area contributed by atoms with E-state index in [2.05, 4.69) is 44.1 Å². The van der Waals surface area contributed by atoms with Crippen molar-refractivity contribution < 1.29 is 4.43 Å². The first-order valence-electron chi connectivity index (χ1n) is 5.32. The third kappa shape index (κ3) is 3.14. The third-order valence-corrected chi connectivity index (χ3v) is 3.01. The van der Waals surface area contributed by atoms with Crippen LogP contribution in [-0.4, -0.2) is 23.8 Å². The quantitative estimate of drug-likeness (QED) is 0.737. The molecule has 0 aromatic carbocycles. The number of hydrogen-bond donors (Lipinski definition) is 0. The molecule has 0 saturated heterocycles. The minimum absolute atomic E-state index is 0.0370. The fraction of sp³-hybridized carbons (Fsp3) is 0.800. The Labute approximate surface area is 93.4 Å². The summed E-state index contributed by atoms with van der Waals surface area (Å²) in [4.78, 5) is 0. The van der Waals surface area contributed by atoms with Crippen molar-refractivity contribution in [3.05, 3.63) is 11.6 Å². The minimum Gasteiger partial charge on any atom is -0.413 e.